The van der Waals surface area contributed by atoms with E-state index in [0.717, 1.165) is 23.5 Å². The Morgan fingerprint density at radius 2 is 1.84 bits per heavy atom. The average molecular weight is 477 g/mol. The Morgan fingerprint density at radius 1 is 1.19 bits per heavy atom. The lowest BCUT2D eigenvalue weighted by Gasteiger charge is -2.24. The summed E-state index contributed by atoms with van der Waals surface area (Å²) in [6.45, 7) is 3.85. The summed E-state index contributed by atoms with van der Waals surface area (Å²) in [5.41, 5.74) is -0.0219. The molecule has 6 nitrogen and oxygen atoms in total. The molecular formula is C20H21Cl2F3N4O2. The molecule has 0 N–H and O–H groups in total. The van der Waals surface area contributed by atoms with E-state index in [2.05, 4.69) is 10.00 Å². The predicted octanol–water partition coefficient (Wildman–Crippen LogP) is 4.12. The van der Waals surface area contributed by atoms with Crippen molar-refractivity contribution in [2.45, 2.75) is 19.6 Å². The van der Waals surface area contributed by atoms with Crippen molar-refractivity contribution in [2.24, 2.45) is 11.8 Å². The third-order valence-electron chi connectivity index (χ3n) is 6.03. The summed E-state index contributed by atoms with van der Waals surface area (Å²) >= 11 is 11.9. The van der Waals surface area contributed by atoms with E-state index in [9.17, 15) is 18.0 Å². The first-order valence-corrected chi connectivity index (χ1v) is 10.5. The van der Waals surface area contributed by atoms with Crippen LogP contribution < -0.4 is 9.64 Å². The fourth-order valence-corrected chi connectivity index (χ4v) is 4.78. The maximum absolute atomic E-state index is 13.0. The molecule has 0 radical (unpaired) electrons. The van der Waals surface area contributed by atoms with Gasteiger partial charge in [-0.3, -0.25) is 9.48 Å². The Kier molecular flexibility index (Phi) is 5.76. The minimum absolute atomic E-state index is 0.129. The number of alkyl halides is 3. The van der Waals surface area contributed by atoms with Crippen LogP contribution in [0.5, 0.6) is 5.75 Å². The lowest BCUT2D eigenvalue weighted by atomic mass is 10.0. The third kappa shape index (κ3) is 4.17. The van der Waals surface area contributed by atoms with Crippen molar-refractivity contribution in [3.63, 3.8) is 0 Å². The zero-order chi connectivity index (χ0) is 22.5. The molecular weight excluding hydrogens is 456 g/mol. The van der Waals surface area contributed by atoms with Crippen LogP contribution in [0.1, 0.15) is 11.4 Å². The molecule has 31 heavy (non-hydrogen) atoms. The standard InChI is InChI=1S/C20H21Cl2F3N4O2/c1-11-18(22)19(20(23,24)25)26-29(11)10-17(30)28-8-12-6-27(7-13(12)9-28)14-3-4-15(21)16(5-14)31-2/h3-5,12-13H,6-10H2,1-2H3. The van der Waals surface area contributed by atoms with Crippen LogP contribution in [0.15, 0.2) is 18.2 Å². The molecule has 2 fully saturated rings. The van der Waals surface area contributed by atoms with Gasteiger partial charge in [0.15, 0.2) is 5.69 Å². The Morgan fingerprint density at radius 3 is 2.39 bits per heavy atom. The molecule has 11 heteroatoms. The van der Waals surface area contributed by atoms with Gasteiger partial charge in [0, 0.05) is 49.8 Å². The number of hydrogen-bond donors (Lipinski definition) is 0. The molecule has 4 rings (SSSR count). The van der Waals surface area contributed by atoms with E-state index >= 15 is 0 Å². The number of carbonyl (C=O) groups excluding carboxylic acids is 1. The van der Waals surface area contributed by atoms with Crippen LogP contribution in [-0.4, -0.2) is 53.9 Å². The van der Waals surface area contributed by atoms with Crippen molar-refractivity contribution >= 4 is 34.8 Å². The smallest absolute Gasteiger partial charge is 0.436 e. The number of halogens is 5. The van der Waals surface area contributed by atoms with Gasteiger partial charge < -0.3 is 14.5 Å². The second-order valence-corrected chi connectivity index (χ2v) is 8.73. The highest BCUT2D eigenvalue weighted by atomic mass is 35.5. The summed E-state index contributed by atoms with van der Waals surface area (Å²) in [6, 6.07) is 5.64. The number of benzene rings is 1. The minimum Gasteiger partial charge on any atom is -0.495 e. The maximum Gasteiger partial charge on any atom is 0.436 e. The number of aromatic nitrogens is 2. The van der Waals surface area contributed by atoms with Crippen LogP contribution >= 0.6 is 23.2 Å². The monoisotopic (exact) mass is 476 g/mol. The van der Waals surface area contributed by atoms with Crippen LogP contribution in [0, 0.1) is 18.8 Å². The van der Waals surface area contributed by atoms with Gasteiger partial charge in [0.2, 0.25) is 5.91 Å². The number of ether oxygens (including phenoxy) is 1. The highest BCUT2D eigenvalue weighted by Crippen LogP contribution is 2.38. The molecule has 2 aromatic rings. The van der Waals surface area contributed by atoms with Crippen molar-refractivity contribution < 1.29 is 22.7 Å². The molecule has 1 amide bonds. The topological polar surface area (TPSA) is 50.6 Å². The fourth-order valence-electron chi connectivity index (χ4n) is 4.34. The quantitative estimate of drug-likeness (QED) is 0.665. The predicted molar refractivity (Wildman–Crippen MR) is 111 cm³/mol. The molecule has 2 aliphatic rings. The van der Waals surface area contributed by atoms with Crippen molar-refractivity contribution in [1.82, 2.24) is 14.7 Å². The Balaban J connectivity index is 1.40. The summed E-state index contributed by atoms with van der Waals surface area (Å²) < 4.78 is 45.3. The lowest BCUT2D eigenvalue weighted by molar-refractivity contribution is -0.142. The molecule has 2 unspecified atom stereocenters. The summed E-state index contributed by atoms with van der Waals surface area (Å²) in [4.78, 5) is 16.7. The molecule has 2 saturated heterocycles. The number of likely N-dealkylation sites (tertiary alicyclic amines) is 1. The van der Waals surface area contributed by atoms with E-state index in [0.29, 0.717) is 35.7 Å². The number of anilines is 1. The first kappa shape index (κ1) is 22.1. The van der Waals surface area contributed by atoms with E-state index < -0.39 is 16.9 Å². The summed E-state index contributed by atoms with van der Waals surface area (Å²) in [6.07, 6.45) is -4.66. The van der Waals surface area contributed by atoms with E-state index in [1.54, 1.807) is 18.1 Å². The highest BCUT2D eigenvalue weighted by molar-refractivity contribution is 6.32. The van der Waals surface area contributed by atoms with E-state index in [1.165, 1.54) is 6.92 Å². The van der Waals surface area contributed by atoms with Gasteiger partial charge in [-0.2, -0.15) is 18.3 Å². The number of rotatable bonds is 4. The zero-order valence-electron chi connectivity index (χ0n) is 16.9. The summed E-state index contributed by atoms with van der Waals surface area (Å²) in [7, 11) is 1.57. The fraction of sp³-hybridized carbons (Fsp3) is 0.500. The molecule has 0 saturated carbocycles. The first-order chi connectivity index (χ1) is 14.6. The number of hydrogen-bond acceptors (Lipinski definition) is 4. The van der Waals surface area contributed by atoms with Crippen LogP contribution in [0.4, 0.5) is 18.9 Å². The number of carbonyl (C=O) groups is 1. The number of methoxy groups -OCH3 is 1. The van der Waals surface area contributed by atoms with Gasteiger partial charge in [0.25, 0.3) is 0 Å². The van der Waals surface area contributed by atoms with Crippen molar-refractivity contribution in [3.8, 4) is 5.75 Å². The Labute approximate surface area is 187 Å². The highest BCUT2D eigenvalue weighted by Gasteiger charge is 2.42. The Bertz CT molecular complexity index is 997. The molecule has 1 aromatic carbocycles. The van der Waals surface area contributed by atoms with Crippen LogP contribution in [0.25, 0.3) is 0 Å². The maximum atomic E-state index is 13.0. The van der Waals surface area contributed by atoms with Gasteiger partial charge in [0.1, 0.15) is 12.3 Å². The first-order valence-electron chi connectivity index (χ1n) is 9.74. The minimum atomic E-state index is -4.66. The zero-order valence-corrected chi connectivity index (χ0v) is 18.4. The molecule has 0 aliphatic carbocycles. The van der Waals surface area contributed by atoms with Crippen LogP contribution in [0.3, 0.4) is 0 Å². The van der Waals surface area contributed by atoms with Gasteiger partial charge in [-0.25, -0.2) is 0 Å². The van der Waals surface area contributed by atoms with Gasteiger partial charge in [-0.05, 0) is 19.1 Å². The molecule has 1 aromatic heterocycles. The van der Waals surface area contributed by atoms with E-state index in [-0.39, 0.29) is 18.1 Å². The van der Waals surface area contributed by atoms with E-state index in [4.69, 9.17) is 27.9 Å². The SMILES string of the molecule is COc1cc(N2CC3CN(C(=O)Cn4nc(C(F)(F)F)c(Cl)c4C)CC3C2)ccc1Cl. The van der Waals surface area contributed by atoms with Gasteiger partial charge >= 0.3 is 6.18 Å². The van der Waals surface area contributed by atoms with Crippen LogP contribution in [-0.2, 0) is 17.5 Å². The average Bonchev–Trinajstić information content (AvgIpc) is 3.36. The van der Waals surface area contributed by atoms with Crippen molar-refractivity contribution in [2.75, 3.05) is 38.2 Å². The van der Waals surface area contributed by atoms with Crippen molar-refractivity contribution in [3.05, 3.63) is 39.6 Å². The second kappa shape index (κ2) is 8.09. The molecule has 0 bridgehead atoms. The largest absolute Gasteiger partial charge is 0.495 e. The molecule has 2 aliphatic heterocycles. The van der Waals surface area contributed by atoms with E-state index in [1.807, 2.05) is 12.1 Å². The normalized spacial score (nSPS) is 21.0. The number of nitrogens with zero attached hydrogens (tertiary/aromatic N) is 4. The van der Waals surface area contributed by atoms with Gasteiger partial charge in [-0.1, -0.05) is 23.2 Å². The second-order valence-electron chi connectivity index (χ2n) is 7.95. The molecule has 168 valence electrons. The third-order valence-corrected chi connectivity index (χ3v) is 6.79. The molecule has 2 atom stereocenters. The van der Waals surface area contributed by atoms with Gasteiger partial charge in [0.05, 0.1) is 22.8 Å². The molecule has 0 spiro atoms. The van der Waals surface area contributed by atoms with Crippen molar-refractivity contribution in [1.29, 1.82) is 0 Å². The lowest BCUT2D eigenvalue weighted by Crippen LogP contribution is -2.35. The summed E-state index contributed by atoms with van der Waals surface area (Å²) in [5, 5.41) is 3.60. The summed E-state index contributed by atoms with van der Waals surface area (Å²) in [5.74, 6) is 0.932. The Hall–Kier alpha value is -2.13. The van der Waals surface area contributed by atoms with Gasteiger partial charge in [-0.15, -0.1) is 0 Å². The molecule has 3 heterocycles. The number of fused-ring (bicyclic) bond motifs is 1. The number of amides is 1. The van der Waals surface area contributed by atoms with Crippen LogP contribution in [0.2, 0.25) is 10.0 Å².